The Hall–Kier alpha value is -3.25. The molecule has 0 saturated heterocycles. The Bertz CT molecular complexity index is 1020. The quantitative estimate of drug-likeness (QED) is 0.443. The fraction of sp³-hybridized carbons (Fsp3) is 0.0455. The number of halogens is 1. The van der Waals surface area contributed by atoms with E-state index in [1.54, 1.807) is 49.4 Å². The largest absolute Gasteiger partial charge is 0.322 e. The van der Waals surface area contributed by atoms with Crippen molar-refractivity contribution in [1.82, 2.24) is 5.43 Å². The van der Waals surface area contributed by atoms with Gasteiger partial charge >= 0.3 is 0 Å². The molecule has 140 valence electrons. The van der Waals surface area contributed by atoms with E-state index in [1.807, 2.05) is 36.4 Å². The van der Waals surface area contributed by atoms with Crippen LogP contribution in [0.5, 0.6) is 0 Å². The highest BCUT2D eigenvalue weighted by Gasteiger charge is 2.09. The van der Waals surface area contributed by atoms with Crippen molar-refractivity contribution < 1.29 is 9.59 Å². The molecule has 0 fully saturated rings. The Morgan fingerprint density at radius 1 is 0.786 bits per heavy atom. The highest BCUT2D eigenvalue weighted by atomic mass is 79.9. The van der Waals surface area contributed by atoms with E-state index in [9.17, 15) is 9.59 Å². The zero-order valence-corrected chi connectivity index (χ0v) is 16.7. The van der Waals surface area contributed by atoms with Crippen LogP contribution < -0.4 is 10.7 Å². The van der Waals surface area contributed by atoms with E-state index in [1.165, 1.54) is 0 Å². The van der Waals surface area contributed by atoms with Crippen molar-refractivity contribution in [3.8, 4) is 0 Å². The van der Waals surface area contributed by atoms with Crippen molar-refractivity contribution in [1.29, 1.82) is 0 Å². The second-order valence-electron chi connectivity index (χ2n) is 6.02. The normalized spacial score (nSPS) is 11.0. The van der Waals surface area contributed by atoms with Crippen LogP contribution in [0.3, 0.4) is 0 Å². The molecule has 0 unspecified atom stereocenters. The van der Waals surface area contributed by atoms with Gasteiger partial charge in [-0.1, -0.05) is 42.5 Å². The average Bonchev–Trinajstić information content (AvgIpc) is 2.73. The van der Waals surface area contributed by atoms with Gasteiger partial charge in [0.15, 0.2) is 0 Å². The summed E-state index contributed by atoms with van der Waals surface area (Å²) in [5, 5.41) is 7.00. The van der Waals surface area contributed by atoms with E-state index in [0.29, 0.717) is 22.5 Å². The molecule has 0 aliphatic heterocycles. The van der Waals surface area contributed by atoms with Crippen molar-refractivity contribution in [2.24, 2.45) is 5.10 Å². The first-order chi connectivity index (χ1) is 13.5. The van der Waals surface area contributed by atoms with Gasteiger partial charge in [-0.3, -0.25) is 9.59 Å². The van der Waals surface area contributed by atoms with Crippen LogP contribution >= 0.6 is 15.9 Å². The maximum atomic E-state index is 12.4. The summed E-state index contributed by atoms with van der Waals surface area (Å²) in [5.74, 6) is -0.460. The molecule has 0 bridgehead atoms. The van der Waals surface area contributed by atoms with Crippen LogP contribution in [0, 0.1) is 0 Å². The summed E-state index contributed by atoms with van der Waals surface area (Å²) in [7, 11) is 0. The highest BCUT2D eigenvalue weighted by molar-refractivity contribution is 9.10. The fourth-order valence-electron chi connectivity index (χ4n) is 2.49. The smallest absolute Gasteiger partial charge is 0.271 e. The van der Waals surface area contributed by atoms with E-state index in [0.717, 1.165) is 10.0 Å². The summed E-state index contributed by atoms with van der Waals surface area (Å²) < 4.78 is 0.737. The maximum absolute atomic E-state index is 12.4. The minimum absolute atomic E-state index is 0.194. The third-order valence-corrected chi connectivity index (χ3v) is 4.73. The van der Waals surface area contributed by atoms with Gasteiger partial charge in [0.2, 0.25) is 0 Å². The van der Waals surface area contributed by atoms with Crippen molar-refractivity contribution in [3.05, 3.63) is 100 Å². The summed E-state index contributed by atoms with van der Waals surface area (Å²) in [6, 6.07) is 23.4. The summed E-state index contributed by atoms with van der Waals surface area (Å²) in [6.45, 7) is 1.81. The SMILES string of the molecule is C/C(=N/NC(=O)c1ccccc1)c1ccc(NC(=O)c2ccccc2Br)cc1. The van der Waals surface area contributed by atoms with Gasteiger partial charge in [0.25, 0.3) is 11.8 Å². The van der Waals surface area contributed by atoms with Crippen LogP contribution in [0.4, 0.5) is 5.69 Å². The van der Waals surface area contributed by atoms with Crippen LogP contribution in [0.15, 0.2) is 88.4 Å². The van der Waals surface area contributed by atoms with Crippen molar-refractivity contribution in [3.63, 3.8) is 0 Å². The number of rotatable bonds is 5. The molecule has 5 nitrogen and oxygen atoms in total. The van der Waals surface area contributed by atoms with Crippen molar-refractivity contribution in [2.75, 3.05) is 5.32 Å². The van der Waals surface area contributed by atoms with Gasteiger partial charge in [-0.2, -0.15) is 5.10 Å². The van der Waals surface area contributed by atoms with Crippen LogP contribution in [-0.2, 0) is 0 Å². The molecule has 3 aromatic carbocycles. The second kappa shape index (κ2) is 9.10. The zero-order chi connectivity index (χ0) is 19.9. The number of benzene rings is 3. The van der Waals surface area contributed by atoms with Crippen LogP contribution in [0.25, 0.3) is 0 Å². The Labute approximate surface area is 171 Å². The van der Waals surface area contributed by atoms with Gasteiger partial charge in [0.05, 0.1) is 11.3 Å². The molecule has 28 heavy (non-hydrogen) atoms. The number of anilines is 1. The molecule has 0 saturated carbocycles. The first kappa shape index (κ1) is 19.5. The Morgan fingerprint density at radius 3 is 2.11 bits per heavy atom. The molecule has 6 heteroatoms. The second-order valence-corrected chi connectivity index (χ2v) is 6.87. The first-order valence-electron chi connectivity index (χ1n) is 8.60. The lowest BCUT2D eigenvalue weighted by molar-refractivity contribution is 0.0954. The Balaban J connectivity index is 1.64. The lowest BCUT2D eigenvalue weighted by atomic mass is 10.1. The number of carbonyl (C=O) groups is 2. The van der Waals surface area contributed by atoms with Gasteiger partial charge in [0.1, 0.15) is 0 Å². The number of hydrazone groups is 1. The molecule has 0 radical (unpaired) electrons. The number of amides is 2. The molecule has 3 aromatic rings. The molecule has 0 heterocycles. The lowest BCUT2D eigenvalue weighted by Gasteiger charge is -2.08. The number of nitrogens with zero attached hydrogens (tertiary/aromatic N) is 1. The predicted molar refractivity (Wildman–Crippen MR) is 115 cm³/mol. The fourth-order valence-corrected chi connectivity index (χ4v) is 2.96. The topological polar surface area (TPSA) is 70.6 Å². The first-order valence-corrected chi connectivity index (χ1v) is 9.40. The van der Waals surface area contributed by atoms with Crippen molar-refractivity contribution in [2.45, 2.75) is 6.92 Å². The highest BCUT2D eigenvalue weighted by Crippen LogP contribution is 2.18. The molecular formula is C22H18BrN3O2. The predicted octanol–water partition coefficient (Wildman–Crippen LogP) is 4.86. The molecule has 2 amide bonds. The van der Waals surface area contributed by atoms with E-state index in [2.05, 4.69) is 31.8 Å². The molecule has 0 aliphatic rings. The molecule has 2 N–H and O–H groups in total. The molecule has 0 atom stereocenters. The molecule has 0 spiro atoms. The monoisotopic (exact) mass is 435 g/mol. The van der Waals surface area contributed by atoms with Gasteiger partial charge in [-0.15, -0.1) is 0 Å². The van der Waals surface area contributed by atoms with Crippen LogP contribution in [0.2, 0.25) is 0 Å². The van der Waals surface area contributed by atoms with Gasteiger partial charge in [-0.05, 0) is 64.8 Å². The summed E-state index contributed by atoms with van der Waals surface area (Å²) in [5.41, 5.74) is 5.83. The lowest BCUT2D eigenvalue weighted by Crippen LogP contribution is -2.19. The number of carbonyl (C=O) groups excluding carboxylic acids is 2. The van der Waals surface area contributed by atoms with Gasteiger partial charge in [0, 0.05) is 15.7 Å². The van der Waals surface area contributed by atoms with E-state index in [-0.39, 0.29) is 11.8 Å². The number of hydrogen-bond acceptors (Lipinski definition) is 3. The Kier molecular flexibility index (Phi) is 6.34. The van der Waals surface area contributed by atoms with E-state index >= 15 is 0 Å². The average molecular weight is 436 g/mol. The van der Waals surface area contributed by atoms with Crippen LogP contribution in [0.1, 0.15) is 33.2 Å². The number of hydrogen-bond donors (Lipinski definition) is 2. The summed E-state index contributed by atoms with van der Waals surface area (Å²) in [4.78, 5) is 24.4. The number of nitrogens with one attached hydrogen (secondary N) is 2. The van der Waals surface area contributed by atoms with Crippen LogP contribution in [-0.4, -0.2) is 17.5 Å². The minimum atomic E-state index is -0.266. The standard InChI is InChI=1S/C22H18BrN3O2/c1-15(25-26-21(27)17-7-3-2-4-8-17)16-11-13-18(14-12-16)24-22(28)19-9-5-6-10-20(19)23/h2-14H,1H3,(H,24,28)(H,26,27)/b25-15-. The van der Waals surface area contributed by atoms with E-state index < -0.39 is 0 Å². The Morgan fingerprint density at radius 2 is 1.43 bits per heavy atom. The molecule has 3 rings (SSSR count). The third-order valence-electron chi connectivity index (χ3n) is 4.04. The van der Waals surface area contributed by atoms with Gasteiger partial charge < -0.3 is 5.32 Å². The third kappa shape index (κ3) is 4.92. The zero-order valence-electron chi connectivity index (χ0n) is 15.1. The minimum Gasteiger partial charge on any atom is -0.322 e. The molecule has 0 aromatic heterocycles. The molecule has 0 aliphatic carbocycles. The van der Waals surface area contributed by atoms with Crippen molar-refractivity contribution >= 4 is 39.1 Å². The summed E-state index contributed by atoms with van der Waals surface area (Å²) >= 11 is 3.38. The summed E-state index contributed by atoms with van der Waals surface area (Å²) in [6.07, 6.45) is 0. The maximum Gasteiger partial charge on any atom is 0.271 e. The van der Waals surface area contributed by atoms with E-state index in [4.69, 9.17) is 0 Å². The van der Waals surface area contributed by atoms with Gasteiger partial charge in [-0.25, -0.2) is 5.43 Å². The molecular weight excluding hydrogens is 418 g/mol.